The summed E-state index contributed by atoms with van der Waals surface area (Å²) in [6.07, 6.45) is -0.720. The van der Waals surface area contributed by atoms with Crippen molar-refractivity contribution in [3.63, 3.8) is 0 Å². The number of carbonyl (C=O) groups is 2. The van der Waals surface area contributed by atoms with Gasteiger partial charge >= 0.3 is 12.1 Å². The van der Waals surface area contributed by atoms with Gasteiger partial charge in [0, 0.05) is 0 Å². The number of hydrazine groups is 1. The Morgan fingerprint density at radius 2 is 2.00 bits per heavy atom. The van der Waals surface area contributed by atoms with E-state index in [-0.39, 0.29) is 6.61 Å². The number of carbonyl (C=O) groups excluding carboxylic acids is 1. The fourth-order valence-corrected chi connectivity index (χ4v) is 0.988. The fourth-order valence-electron chi connectivity index (χ4n) is 0.988. The van der Waals surface area contributed by atoms with Gasteiger partial charge in [0.2, 0.25) is 0 Å². The summed E-state index contributed by atoms with van der Waals surface area (Å²) in [7, 11) is 0. The Morgan fingerprint density at radius 1 is 1.35 bits per heavy atom. The molecule has 0 aliphatic rings. The van der Waals surface area contributed by atoms with Crippen molar-refractivity contribution in [3.05, 3.63) is 35.9 Å². The normalized spacial score (nSPS) is 11.6. The molecule has 0 bridgehead atoms. The monoisotopic (exact) mass is 238 g/mol. The Labute approximate surface area is 98.6 Å². The zero-order chi connectivity index (χ0) is 12.7. The number of rotatable bonds is 5. The topological polar surface area (TPSA) is 87.7 Å². The van der Waals surface area contributed by atoms with E-state index in [0.29, 0.717) is 0 Å². The zero-order valence-corrected chi connectivity index (χ0v) is 9.34. The lowest BCUT2D eigenvalue weighted by Crippen LogP contribution is -2.46. The van der Waals surface area contributed by atoms with Gasteiger partial charge in [-0.1, -0.05) is 30.3 Å². The molecule has 6 heteroatoms. The van der Waals surface area contributed by atoms with Crippen LogP contribution in [0.5, 0.6) is 0 Å². The Morgan fingerprint density at radius 3 is 2.59 bits per heavy atom. The third-order valence-corrected chi connectivity index (χ3v) is 1.97. The van der Waals surface area contributed by atoms with Crippen LogP contribution in [0.2, 0.25) is 0 Å². The molecular weight excluding hydrogens is 224 g/mol. The molecule has 0 spiro atoms. The molecule has 0 unspecified atom stereocenters. The number of ether oxygens (including phenoxy) is 1. The Bertz CT molecular complexity index is 380. The van der Waals surface area contributed by atoms with Crippen LogP contribution in [0.15, 0.2) is 30.3 Å². The van der Waals surface area contributed by atoms with Gasteiger partial charge < -0.3 is 9.84 Å². The Balaban J connectivity index is 2.24. The minimum absolute atomic E-state index is 0.135. The molecule has 1 aromatic rings. The number of aliphatic carboxylic acids is 1. The molecule has 0 aliphatic carbocycles. The second-order valence-corrected chi connectivity index (χ2v) is 3.39. The molecule has 1 aromatic carbocycles. The first-order valence-electron chi connectivity index (χ1n) is 5.04. The van der Waals surface area contributed by atoms with Crippen LogP contribution in [-0.4, -0.2) is 23.2 Å². The van der Waals surface area contributed by atoms with Gasteiger partial charge in [-0.3, -0.25) is 10.2 Å². The highest BCUT2D eigenvalue weighted by atomic mass is 16.6. The van der Waals surface area contributed by atoms with Crippen molar-refractivity contribution in [1.82, 2.24) is 10.9 Å². The smallest absolute Gasteiger partial charge is 0.421 e. The number of benzene rings is 1. The molecule has 0 saturated carbocycles. The molecule has 0 aliphatic heterocycles. The second kappa shape index (κ2) is 6.49. The van der Waals surface area contributed by atoms with Crippen molar-refractivity contribution < 1.29 is 19.4 Å². The largest absolute Gasteiger partial charge is 0.480 e. The van der Waals surface area contributed by atoms with Crippen molar-refractivity contribution in [3.8, 4) is 0 Å². The van der Waals surface area contributed by atoms with E-state index >= 15 is 0 Å². The fraction of sp³-hybridized carbons (Fsp3) is 0.273. The highest BCUT2D eigenvalue weighted by molar-refractivity contribution is 5.73. The first-order chi connectivity index (χ1) is 8.09. The third-order valence-electron chi connectivity index (χ3n) is 1.97. The van der Waals surface area contributed by atoms with Crippen LogP contribution in [0.1, 0.15) is 12.5 Å². The number of amides is 1. The molecule has 0 fully saturated rings. The summed E-state index contributed by atoms with van der Waals surface area (Å²) in [6.45, 7) is 1.54. The quantitative estimate of drug-likeness (QED) is 0.663. The number of carboxylic acid groups (broad SMARTS) is 1. The van der Waals surface area contributed by atoms with Crippen LogP contribution in [0.25, 0.3) is 0 Å². The van der Waals surface area contributed by atoms with Crippen molar-refractivity contribution in [1.29, 1.82) is 0 Å². The van der Waals surface area contributed by atoms with E-state index in [2.05, 4.69) is 10.9 Å². The molecule has 0 heterocycles. The molecule has 0 saturated heterocycles. The summed E-state index contributed by atoms with van der Waals surface area (Å²) in [4.78, 5) is 21.6. The van der Waals surface area contributed by atoms with Crippen LogP contribution in [0.3, 0.4) is 0 Å². The van der Waals surface area contributed by atoms with E-state index in [1.165, 1.54) is 6.92 Å². The van der Waals surface area contributed by atoms with Crippen LogP contribution in [0, 0.1) is 0 Å². The van der Waals surface area contributed by atoms with Gasteiger partial charge in [-0.25, -0.2) is 10.2 Å². The average molecular weight is 238 g/mol. The van der Waals surface area contributed by atoms with Crippen LogP contribution >= 0.6 is 0 Å². The van der Waals surface area contributed by atoms with Crippen LogP contribution < -0.4 is 10.9 Å². The van der Waals surface area contributed by atoms with Gasteiger partial charge in [0.1, 0.15) is 12.6 Å². The van der Waals surface area contributed by atoms with Crippen molar-refractivity contribution in [2.24, 2.45) is 0 Å². The van der Waals surface area contributed by atoms with E-state index in [0.717, 1.165) is 5.56 Å². The maximum Gasteiger partial charge on any atom is 0.421 e. The van der Waals surface area contributed by atoms with Crippen LogP contribution in [0.4, 0.5) is 4.79 Å². The van der Waals surface area contributed by atoms with Gasteiger partial charge in [0.25, 0.3) is 0 Å². The standard InChI is InChI=1S/C11H14N2O4/c1-8(10(14)15)12-13-11(16)17-7-9-5-3-2-4-6-9/h2-6,8,12H,7H2,1H3,(H,13,16)(H,14,15)/t8-/m1/s1. The van der Waals surface area contributed by atoms with Crippen molar-refractivity contribution >= 4 is 12.1 Å². The molecule has 6 nitrogen and oxygen atoms in total. The zero-order valence-electron chi connectivity index (χ0n) is 9.34. The number of hydrogen-bond donors (Lipinski definition) is 3. The molecule has 0 radical (unpaired) electrons. The molecule has 92 valence electrons. The molecule has 1 atom stereocenters. The summed E-state index contributed by atoms with van der Waals surface area (Å²) in [6, 6.07) is 8.29. The lowest BCUT2D eigenvalue weighted by molar-refractivity contribution is -0.139. The van der Waals surface area contributed by atoms with Gasteiger partial charge in [-0.05, 0) is 12.5 Å². The summed E-state index contributed by atoms with van der Waals surface area (Å²) in [5.74, 6) is -1.06. The number of carboxylic acids is 1. The Hall–Kier alpha value is -2.08. The average Bonchev–Trinajstić information content (AvgIpc) is 2.34. The van der Waals surface area contributed by atoms with E-state index in [9.17, 15) is 9.59 Å². The van der Waals surface area contributed by atoms with Gasteiger partial charge in [0.15, 0.2) is 0 Å². The number of hydrogen-bond acceptors (Lipinski definition) is 4. The van der Waals surface area contributed by atoms with E-state index < -0.39 is 18.1 Å². The van der Waals surface area contributed by atoms with Crippen molar-refractivity contribution in [2.75, 3.05) is 0 Å². The predicted octanol–water partition coefficient (Wildman–Crippen LogP) is 0.891. The first kappa shape index (κ1) is 13.0. The maximum absolute atomic E-state index is 11.2. The third kappa shape index (κ3) is 4.98. The predicted molar refractivity (Wildman–Crippen MR) is 60.0 cm³/mol. The van der Waals surface area contributed by atoms with E-state index in [1.807, 2.05) is 30.3 Å². The molecule has 17 heavy (non-hydrogen) atoms. The van der Waals surface area contributed by atoms with Gasteiger partial charge in [-0.2, -0.15) is 0 Å². The Kier molecular flexibility index (Phi) is 4.96. The lowest BCUT2D eigenvalue weighted by Gasteiger charge is -2.10. The first-order valence-corrected chi connectivity index (χ1v) is 5.04. The molecule has 0 aromatic heterocycles. The maximum atomic E-state index is 11.2. The molecule has 3 N–H and O–H groups in total. The van der Waals surface area contributed by atoms with Crippen molar-refractivity contribution in [2.45, 2.75) is 19.6 Å². The minimum Gasteiger partial charge on any atom is -0.480 e. The highest BCUT2D eigenvalue weighted by Gasteiger charge is 2.11. The van der Waals surface area contributed by atoms with E-state index in [4.69, 9.17) is 9.84 Å². The summed E-state index contributed by atoms with van der Waals surface area (Å²) < 4.78 is 4.85. The second-order valence-electron chi connectivity index (χ2n) is 3.39. The summed E-state index contributed by atoms with van der Waals surface area (Å²) in [5.41, 5.74) is 5.29. The number of nitrogens with one attached hydrogen (secondary N) is 2. The molecular formula is C11H14N2O4. The SMILES string of the molecule is C[C@@H](NNC(=O)OCc1ccccc1)C(=O)O. The van der Waals surface area contributed by atoms with E-state index in [1.54, 1.807) is 0 Å². The van der Waals surface area contributed by atoms with Gasteiger partial charge in [0.05, 0.1) is 0 Å². The summed E-state index contributed by atoms with van der Waals surface area (Å²) >= 11 is 0. The lowest BCUT2D eigenvalue weighted by atomic mass is 10.2. The molecule has 1 amide bonds. The highest BCUT2D eigenvalue weighted by Crippen LogP contribution is 2.00. The van der Waals surface area contributed by atoms with Gasteiger partial charge in [-0.15, -0.1) is 0 Å². The minimum atomic E-state index is -1.06. The molecule has 1 rings (SSSR count). The summed E-state index contributed by atoms with van der Waals surface area (Å²) in [5, 5.41) is 8.55. The van der Waals surface area contributed by atoms with Crippen LogP contribution in [-0.2, 0) is 16.1 Å².